The molecule has 1 rings (SSSR count). The van der Waals surface area contributed by atoms with E-state index in [1.54, 1.807) is 0 Å². The van der Waals surface area contributed by atoms with Crippen LogP contribution in [0.25, 0.3) is 0 Å². The largest absolute Gasteiger partial charge is 0.376 e. The smallest absolute Gasteiger partial charge is 0.268 e. The summed E-state index contributed by atoms with van der Waals surface area (Å²) in [5.41, 5.74) is 1.02. The van der Waals surface area contributed by atoms with E-state index < -0.39 is 0 Å². The van der Waals surface area contributed by atoms with E-state index in [1.165, 1.54) is 16.7 Å². The summed E-state index contributed by atoms with van der Waals surface area (Å²) in [4.78, 5) is 13.4. The van der Waals surface area contributed by atoms with Crippen molar-refractivity contribution in [2.24, 2.45) is 0 Å². The molecule has 0 unspecified atom stereocenters. The van der Waals surface area contributed by atoms with Crippen LogP contribution in [0.1, 0.15) is 20.3 Å². The topological polar surface area (TPSA) is 40.5 Å². The number of allylic oxidation sites excluding steroid dienone is 1. The van der Waals surface area contributed by atoms with Gasteiger partial charge in [-0.1, -0.05) is 36.5 Å². The van der Waals surface area contributed by atoms with Gasteiger partial charge in [0.25, 0.3) is 5.91 Å². The number of carbonyl (C=O) groups excluding carboxylic acids is 1. The minimum Gasteiger partial charge on any atom is -0.376 e. The normalized spacial score (nSPS) is 21.3. The molecule has 1 heterocycles. The highest BCUT2D eigenvalue weighted by Crippen LogP contribution is 2.33. The van der Waals surface area contributed by atoms with Crippen molar-refractivity contribution >= 4 is 34.2 Å². The highest BCUT2D eigenvalue weighted by Gasteiger charge is 2.32. The monoisotopic (exact) mass is 217 g/mol. The number of aliphatic hydroxyl groups excluding tert-OH is 1. The summed E-state index contributed by atoms with van der Waals surface area (Å²) in [5.74, 6) is -0.170. The summed E-state index contributed by atoms with van der Waals surface area (Å²) in [6, 6.07) is 0. The third-order valence-corrected chi connectivity index (χ3v) is 3.50. The Morgan fingerprint density at radius 3 is 2.69 bits per heavy atom. The lowest BCUT2D eigenvalue weighted by Crippen LogP contribution is -2.28. The van der Waals surface area contributed by atoms with Crippen molar-refractivity contribution in [3.8, 4) is 0 Å². The van der Waals surface area contributed by atoms with Crippen LogP contribution >= 0.6 is 24.0 Å². The first-order chi connectivity index (χ1) is 6.11. The van der Waals surface area contributed by atoms with Crippen LogP contribution in [0.2, 0.25) is 0 Å². The molecule has 3 nitrogen and oxygen atoms in total. The molecule has 0 aromatic rings. The van der Waals surface area contributed by atoms with Gasteiger partial charge in [-0.2, -0.15) is 0 Å². The van der Waals surface area contributed by atoms with Gasteiger partial charge in [0, 0.05) is 0 Å². The second kappa shape index (κ2) is 4.21. The number of hydrogen-bond donors (Lipinski definition) is 1. The van der Waals surface area contributed by atoms with Gasteiger partial charge in [-0.05, 0) is 13.3 Å². The van der Waals surface area contributed by atoms with Gasteiger partial charge in [0.15, 0.2) is 0 Å². The average molecular weight is 217 g/mol. The number of rotatable bonds is 2. The van der Waals surface area contributed by atoms with Crippen molar-refractivity contribution in [1.82, 2.24) is 4.90 Å². The highest BCUT2D eigenvalue weighted by molar-refractivity contribution is 8.26. The predicted molar refractivity (Wildman–Crippen MR) is 57.1 cm³/mol. The highest BCUT2D eigenvalue weighted by atomic mass is 32.2. The lowest BCUT2D eigenvalue weighted by atomic mass is 10.2. The van der Waals surface area contributed by atoms with E-state index in [1.807, 2.05) is 13.8 Å². The summed E-state index contributed by atoms with van der Waals surface area (Å²) >= 11 is 6.20. The Labute approximate surface area is 86.8 Å². The molecule has 1 saturated heterocycles. The molecule has 0 spiro atoms. The summed E-state index contributed by atoms with van der Waals surface area (Å²) in [6.45, 7) is 3.57. The Morgan fingerprint density at radius 1 is 1.69 bits per heavy atom. The molecule has 1 amide bonds. The van der Waals surface area contributed by atoms with Crippen LogP contribution in [-0.2, 0) is 4.79 Å². The molecule has 0 bridgehead atoms. The first-order valence-corrected chi connectivity index (χ1v) is 5.18. The molecule has 0 saturated carbocycles. The molecule has 0 aliphatic carbocycles. The SMILES string of the molecule is CCC(C)=C1SC(=S)N(CO)C1=O. The van der Waals surface area contributed by atoms with Gasteiger partial charge in [-0.3, -0.25) is 9.69 Å². The van der Waals surface area contributed by atoms with Crippen LogP contribution in [-0.4, -0.2) is 27.0 Å². The average Bonchev–Trinajstić information content (AvgIpc) is 2.40. The number of nitrogens with zero attached hydrogens (tertiary/aromatic N) is 1. The van der Waals surface area contributed by atoms with Gasteiger partial charge in [0.05, 0.1) is 4.91 Å². The van der Waals surface area contributed by atoms with E-state index >= 15 is 0 Å². The van der Waals surface area contributed by atoms with Gasteiger partial charge in [0.1, 0.15) is 11.1 Å². The minimum atomic E-state index is -0.328. The molecule has 72 valence electrons. The zero-order valence-electron chi connectivity index (χ0n) is 7.53. The standard InChI is InChI=1S/C8H11NO2S2/c1-3-5(2)6-7(11)9(4-10)8(12)13-6/h10H,3-4H2,1-2H3. The van der Waals surface area contributed by atoms with Gasteiger partial charge in [0.2, 0.25) is 0 Å². The molecule has 1 N–H and O–H groups in total. The molecule has 0 radical (unpaired) electrons. The van der Waals surface area contributed by atoms with E-state index in [2.05, 4.69) is 0 Å². The molecule has 13 heavy (non-hydrogen) atoms. The Balaban J connectivity index is 2.97. The van der Waals surface area contributed by atoms with E-state index in [9.17, 15) is 4.79 Å². The van der Waals surface area contributed by atoms with Crippen molar-refractivity contribution in [1.29, 1.82) is 0 Å². The van der Waals surface area contributed by atoms with Gasteiger partial charge < -0.3 is 5.11 Å². The molecule has 0 aromatic carbocycles. The minimum absolute atomic E-state index is 0.170. The molecule has 0 aromatic heterocycles. The Kier molecular flexibility index (Phi) is 3.47. The number of hydrogen-bond acceptors (Lipinski definition) is 4. The second-order valence-corrected chi connectivity index (χ2v) is 4.35. The molecular formula is C8H11NO2S2. The van der Waals surface area contributed by atoms with E-state index in [0.29, 0.717) is 9.23 Å². The van der Waals surface area contributed by atoms with Crippen LogP contribution < -0.4 is 0 Å². The zero-order chi connectivity index (χ0) is 10.0. The lowest BCUT2D eigenvalue weighted by Gasteiger charge is -2.08. The number of thioether (sulfide) groups is 1. The molecule has 5 heteroatoms. The van der Waals surface area contributed by atoms with Crippen LogP contribution in [0.3, 0.4) is 0 Å². The van der Waals surface area contributed by atoms with E-state index in [4.69, 9.17) is 17.3 Å². The van der Waals surface area contributed by atoms with E-state index in [0.717, 1.165) is 12.0 Å². The predicted octanol–water partition coefficient (Wildman–Crippen LogP) is 1.48. The van der Waals surface area contributed by atoms with Crippen LogP contribution in [0.4, 0.5) is 0 Å². The number of carbonyl (C=O) groups is 1. The maximum atomic E-state index is 11.5. The number of thiocarbonyl (C=S) groups is 1. The quantitative estimate of drug-likeness (QED) is 0.562. The molecule has 1 fully saturated rings. The van der Waals surface area contributed by atoms with Crippen molar-refractivity contribution < 1.29 is 9.90 Å². The second-order valence-electron chi connectivity index (χ2n) is 2.71. The first-order valence-electron chi connectivity index (χ1n) is 3.96. The third-order valence-electron chi connectivity index (χ3n) is 1.91. The summed E-state index contributed by atoms with van der Waals surface area (Å²) in [5, 5.41) is 8.86. The van der Waals surface area contributed by atoms with Crippen molar-refractivity contribution in [3.63, 3.8) is 0 Å². The third kappa shape index (κ3) is 1.92. The molecule has 0 atom stereocenters. The van der Waals surface area contributed by atoms with Gasteiger partial charge in [-0.25, -0.2) is 0 Å². The fraction of sp³-hybridized carbons (Fsp3) is 0.500. The summed E-state index contributed by atoms with van der Waals surface area (Å²) < 4.78 is 0.440. The zero-order valence-corrected chi connectivity index (χ0v) is 9.17. The van der Waals surface area contributed by atoms with Gasteiger partial charge >= 0.3 is 0 Å². The first kappa shape index (κ1) is 10.7. The van der Waals surface area contributed by atoms with Crippen molar-refractivity contribution in [2.75, 3.05) is 6.73 Å². The van der Waals surface area contributed by atoms with Crippen LogP contribution in [0.15, 0.2) is 10.5 Å². The molecule has 1 aliphatic rings. The number of amides is 1. The fourth-order valence-electron chi connectivity index (χ4n) is 0.944. The summed E-state index contributed by atoms with van der Waals surface area (Å²) in [6.07, 6.45) is 0.829. The molecule has 1 aliphatic heterocycles. The maximum absolute atomic E-state index is 11.5. The van der Waals surface area contributed by atoms with Crippen molar-refractivity contribution in [2.45, 2.75) is 20.3 Å². The Morgan fingerprint density at radius 2 is 2.31 bits per heavy atom. The van der Waals surface area contributed by atoms with E-state index in [-0.39, 0.29) is 12.6 Å². The fourth-order valence-corrected chi connectivity index (χ4v) is 2.28. The molecular weight excluding hydrogens is 206 g/mol. The van der Waals surface area contributed by atoms with Crippen LogP contribution in [0, 0.1) is 0 Å². The Hall–Kier alpha value is -0.390. The van der Waals surface area contributed by atoms with Gasteiger partial charge in [-0.15, -0.1) is 0 Å². The van der Waals surface area contributed by atoms with Crippen molar-refractivity contribution in [3.05, 3.63) is 10.5 Å². The maximum Gasteiger partial charge on any atom is 0.268 e. The number of aliphatic hydroxyl groups is 1. The van der Waals surface area contributed by atoms with Crippen LogP contribution in [0.5, 0.6) is 0 Å². The lowest BCUT2D eigenvalue weighted by molar-refractivity contribution is -0.124. The Bertz CT molecular complexity index is 286. The summed E-state index contributed by atoms with van der Waals surface area (Å²) in [7, 11) is 0.